The van der Waals surface area contributed by atoms with Crippen molar-refractivity contribution in [3.05, 3.63) is 65.7 Å². The Balaban J connectivity index is 2.03. The molecule has 0 atom stereocenters. The van der Waals surface area contributed by atoms with Gasteiger partial charge in [-0.25, -0.2) is 4.79 Å². The maximum Gasteiger partial charge on any atom is 0.337 e. The Morgan fingerprint density at radius 2 is 1.83 bits per heavy atom. The highest BCUT2D eigenvalue weighted by molar-refractivity contribution is 6.06. The van der Waals surface area contributed by atoms with Gasteiger partial charge in [0.05, 0.1) is 17.9 Å². The first kappa shape index (κ1) is 16.3. The third kappa shape index (κ3) is 4.71. The second-order valence-electron chi connectivity index (χ2n) is 4.68. The van der Waals surface area contributed by atoms with E-state index in [1.807, 2.05) is 31.2 Å². The molecule has 0 radical (unpaired) electrons. The third-order valence-electron chi connectivity index (χ3n) is 3.03. The predicted molar refractivity (Wildman–Crippen MR) is 88.7 cm³/mol. The Morgan fingerprint density at radius 1 is 1.13 bits per heavy atom. The van der Waals surface area contributed by atoms with Gasteiger partial charge in [0.1, 0.15) is 5.75 Å². The molecule has 0 spiro atoms. The van der Waals surface area contributed by atoms with Crippen LogP contribution in [0.1, 0.15) is 22.8 Å². The van der Waals surface area contributed by atoms with Crippen LogP contribution >= 0.6 is 0 Å². The summed E-state index contributed by atoms with van der Waals surface area (Å²) >= 11 is 0. The van der Waals surface area contributed by atoms with Gasteiger partial charge in [-0.05, 0) is 42.8 Å². The van der Waals surface area contributed by atoms with Gasteiger partial charge in [-0.2, -0.15) is 0 Å². The smallest absolute Gasteiger partial charge is 0.337 e. The van der Waals surface area contributed by atoms with Crippen molar-refractivity contribution in [3.8, 4) is 5.75 Å². The van der Waals surface area contributed by atoms with E-state index in [0.717, 1.165) is 11.3 Å². The maximum absolute atomic E-state index is 11.9. The van der Waals surface area contributed by atoms with Crippen LogP contribution in [0.25, 0.3) is 6.08 Å². The summed E-state index contributed by atoms with van der Waals surface area (Å²) in [5, 5.41) is 11.6. The van der Waals surface area contributed by atoms with E-state index in [-0.39, 0.29) is 11.3 Å². The topological polar surface area (TPSA) is 75.6 Å². The zero-order chi connectivity index (χ0) is 16.7. The molecule has 0 saturated carbocycles. The number of hydrogen-bond donors (Lipinski definition) is 2. The molecule has 0 saturated heterocycles. The highest BCUT2D eigenvalue weighted by Gasteiger charge is 2.10. The second-order valence-corrected chi connectivity index (χ2v) is 4.68. The molecule has 0 aromatic heterocycles. The van der Waals surface area contributed by atoms with Crippen molar-refractivity contribution in [2.45, 2.75) is 6.92 Å². The molecule has 0 heterocycles. The predicted octanol–water partition coefficient (Wildman–Crippen LogP) is 3.44. The van der Waals surface area contributed by atoms with Crippen LogP contribution in [0.15, 0.2) is 54.6 Å². The van der Waals surface area contributed by atoms with Gasteiger partial charge in [0.2, 0.25) is 5.91 Å². The van der Waals surface area contributed by atoms with Crippen LogP contribution in [0, 0.1) is 0 Å². The Kier molecular flexibility index (Phi) is 5.52. The van der Waals surface area contributed by atoms with E-state index < -0.39 is 11.9 Å². The molecule has 5 nitrogen and oxygen atoms in total. The molecule has 0 bridgehead atoms. The average Bonchev–Trinajstić information content (AvgIpc) is 2.55. The number of amides is 1. The summed E-state index contributed by atoms with van der Waals surface area (Å²) in [6.45, 7) is 2.51. The van der Waals surface area contributed by atoms with Crippen LogP contribution in [0.3, 0.4) is 0 Å². The van der Waals surface area contributed by atoms with Gasteiger partial charge in [0, 0.05) is 6.08 Å². The van der Waals surface area contributed by atoms with Crippen LogP contribution in [-0.2, 0) is 4.79 Å². The minimum atomic E-state index is -1.09. The van der Waals surface area contributed by atoms with Crippen molar-refractivity contribution in [1.82, 2.24) is 0 Å². The summed E-state index contributed by atoms with van der Waals surface area (Å²) < 4.78 is 5.34. The van der Waals surface area contributed by atoms with E-state index in [2.05, 4.69) is 5.32 Å². The molecule has 0 aliphatic rings. The van der Waals surface area contributed by atoms with Crippen molar-refractivity contribution in [1.29, 1.82) is 0 Å². The van der Waals surface area contributed by atoms with Crippen LogP contribution in [0.5, 0.6) is 5.75 Å². The summed E-state index contributed by atoms with van der Waals surface area (Å²) in [5.41, 5.74) is 1.16. The third-order valence-corrected chi connectivity index (χ3v) is 3.03. The van der Waals surface area contributed by atoms with Crippen LogP contribution in [-0.4, -0.2) is 23.6 Å². The summed E-state index contributed by atoms with van der Waals surface area (Å²) in [7, 11) is 0. The Bertz CT molecular complexity index is 720. The monoisotopic (exact) mass is 311 g/mol. The zero-order valence-corrected chi connectivity index (χ0v) is 12.7. The van der Waals surface area contributed by atoms with Crippen molar-refractivity contribution >= 4 is 23.6 Å². The fourth-order valence-electron chi connectivity index (χ4n) is 1.97. The largest absolute Gasteiger partial charge is 0.494 e. The molecule has 2 aromatic rings. The van der Waals surface area contributed by atoms with E-state index in [9.17, 15) is 9.59 Å². The number of anilines is 1. The molecule has 2 aromatic carbocycles. The lowest BCUT2D eigenvalue weighted by Gasteiger charge is -2.06. The molecule has 0 unspecified atom stereocenters. The zero-order valence-electron chi connectivity index (χ0n) is 12.7. The Labute approximate surface area is 134 Å². The van der Waals surface area contributed by atoms with Gasteiger partial charge < -0.3 is 15.2 Å². The molecule has 1 amide bonds. The van der Waals surface area contributed by atoms with Gasteiger partial charge in [0.15, 0.2) is 0 Å². The summed E-state index contributed by atoms with van der Waals surface area (Å²) in [4.78, 5) is 23.0. The summed E-state index contributed by atoms with van der Waals surface area (Å²) in [6.07, 6.45) is 3.00. The van der Waals surface area contributed by atoms with E-state index in [0.29, 0.717) is 6.61 Å². The summed E-state index contributed by atoms with van der Waals surface area (Å²) in [6, 6.07) is 13.6. The number of para-hydroxylation sites is 1. The first-order valence-corrected chi connectivity index (χ1v) is 7.14. The van der Waals surface area contributed by atoms with Gasteiger partial charge >= 0.3 is 5.97 Å². The highest BCUT2D eigenvalue weighted by Crippen LogP contribution is 2.16. The van der Waals surface area contributed by atoms with Crippen molar-refractivity contribution in [2.24, 2.45) is 0 Å². The number of aromatic carboxylic acids is 1. The maximum atomic E-state index is 11.9. The van der Waals surface area contributed by atoms with E-state index >= 15 is 0 Å². The number of rotatable bonds is 6. The lowest BCUT2D eigenvalue weighted by Crippen LogP contribution is -2.11. The molecule has 2 rings (SSSR count). The molecule has 0 fully saturated rings. The molecule has 23 heavy (non-hydrogen) atoms. The lowest BCUT2D eigenvalue weighted by molar-refractivity contribution is -0.111. The van der Waals surface area contributed by atoms with Crippen LogP contribution in [0.2, 0.25) is 0 Å². The number of carbonyl (C=O) groups is 2. The second kappa shape index (κ2) is 7.79. The molecular weight excluding hydrogens is 294 g/mol. The molecule has 118 valence electrons. The van der Waals surface area contributed by atoms with Crippen molar-refractivity contribution in [2.75, 3.05) is 11.9 Å². The SMILES string of the molecule is CCOc1ccc(C=CC(=O)Nc2ccccc2C(=O)O)cc1. The number of benzene rings is 2. The van der Waals surface area contributed by atoms with Crippen molar-refractivity contribution < 1.29 is 19.4 Å². The highest BCUT2D eigenvalue weighted by atomic mass is 16.5. The van der Waals surface area contributed by atoms with Gasteiger partial charge in [-0.1, -0.05) is 24.3 Å². The number of hydrogen-bond acceptors (Lipinski definition) is 3. The fraction of sp³-hybridized carbons (Fsp3) is 0.111. The average molecular weight is 311 g/mol. The van der Waals surface area contributed by atoms with E-state index in [1.165, 1.54) is 12.1 Å². The van der Waals surface area contributed by atoms with Crippen molar-refractivity contribution in [3.63, 3.8) is 0 Å². The van der Waals surface area contributed by atoms with Crippen LogP contribution in [0.4, 0.5) is 5.69 Å². The molecular formula is C18H17NO4. The number of nitrogens with one attached hydrogen (secondary N) is 1. The summed E-state index contributed by atoms with van der Waals surface area (Å²) in [5.74, 6) is -0.714. The Hall–Kier alpha value is -3.08. The number of carbonyl (C=O) groups excluding carboxylic acids is 1. The van der Waals surface area contributed by atoms with Gasteiger partial charge in [0.25, 0.3) is 0 Å². The van der Waals surface area contributed by atoms with E-state index in [1.54, 1.807) is 24.3 Å². The van der Waals surface area contributed by atoms with Crippen LogP contribution < -0.4 is 10.1 Å². The van der Waals surface area contributed by atoms with E-state index in [4.69, 9.17) is 9.84 Å². The quantitative estimate of drug-likeness (QED) is 0.801. The lowest BCUT2D eigenvalue weighted by atomic mass is 10.1. The number of carboxylic acids is 1. The molecule has 0 aliphatic carbocycles. The molecule has 2 N–H and O–H groups in total. The normalized spacial score (nSPS) is 10.5. The van der Waals surface area contributed by atoms with Gasteiger partial charge in [-0.3, -0.25) is 4.79 Å². The molecule has 0 aliphatic heterocycles. The number of ether oxygens (including phenoxy) is 1. The number of carboxylic acid groups (broad SMARTS) is 1. The Morgan fingerprint density at radius 3 is 2.48 bits per heavy atom. The first-order chi connectivity index (χ1) is 11.1. The minimum Gasteiger partial charge on any atom is -0.494 e. The fourth-order valence-corrected chi connectivity index (χ4v) is 1.97. The minimum absolute atomic E-state index is 0.0512. The standard InChI is InChI=1S/C18H17NO4/c1-2-23-14-10-7-13(8-11-14)9-12-17(20)19-16-6-4-3-5-15(16)18(21)22/h3-12H,2H2,1H3,(H,19,20)(H,21,22). The van der Waals surface area contributed by atoms with Gasteiger partial charge in [-0.15, -0.1) is 0 Å². The molecule has 5 heteroatoms. The first-order valence-electron chi connectivity index (χ1n) is 7.14.